The molecule has 0 spiro atoms. The molecular weight excluding hydrogens is 432 g/mol. The number of anilines is 1. The second-order valence-electron chi connectivity index (χ2n) is 8.09. The lowest BCUT2D eigenvalue weighted by Crippen LogP contribution is -2.41. The van der Waals surface area contributed by atoms with Crippen molar-refractivity contribution in [3.05, 3.63) is 47.0 Å². The molecule has 4 N–H and O–H groups in total. The quantitative estimate of drug-likeness (QED) is 0.436. The number of nitrogens with one attached hydrogen (secondary N) is 2. The number of aliphatic hydroxyl groups excluding tert-OH is 2. The summed E-state index contributed by atoms with van der Waals surface area (Å²) in [6.07, 6.45) is -0.242. The van der Waals surface area contributed by atoms with Crippen molar-refractivity contribution in [2.45, 2.75) is 24.7 Å². The van der Waals surface area contributed by atoms with Crippen LogP contribution in [0.1, 0.15) is 23.9 Å². The van der Waals surface area contributed by atoms with Gasteiger partial charge < -0.3 is 25.4 Å². The summed E-state index contributed by atoms with van der Waals surface area (Å²) in [5.41, 5.74) is 0.725. The fourth-order valence-electron chi connectivity index (χ4n) is 4.85. The number of hydrogen-bond donors (Lipinski definition) is 4. The topological polar surface area (TPSA) is 125 Å². The summed E-state index contributed by atoms with van der Waals surface area (Å²) in [5.74, 6) is 6.22. The van der Waals surface area contributed by atoms with Crippen molar-refractivity contribution in [3.63, 3.8) is 0 Å². The van der Waals surface area contributed by atoms with Crippen LogP contribution in [0.3, 0.4) is 0 Å². The molecule has 9 nitrogen and oxygen atoms in total. The molecule has 0 bridgehead atoms. The van der Waals surface area contributed by atoms with E-state index in [1.54, 1.807) is 30.1 Å². The van der Waals surface area contributed by atoms with Gasteiger partial charge in [0.05, 0.1) is 23.9 Å². The van der Waals surface area contributed by atoms with Gasteiger partial charge in [0.1, 0.15) is 6.10 Å². The van der Waals surface area contributed by atoms with E-state index >= 15 is 0 Å². The van der Waals surface area contributed by atoms with Gasteiger partial charge in [-0.25, -0.2) is 15.0 Å². The summed E-state index contributed by atoms with van der Waals surface area (Å²) in [6.45, 7) is 0. The summed E-state index contributed by atoms with van der Waals surface area (Å²) in [5, 5.41) is 27.7. The molecular formula is C22H21ClN6O3. The van der Waals surface area contributed by atoms with Gasteiger partial charge in [-0.3, -0.25) is 4.79 Å². The van der Waals surface area contributed by atoms with Crippen LogP contribution in [0.5, 0.6) is 0 Å². The third-order valence-electron chi connectivity index (χ3n) is 6.45. The highest BCUT2D eigenvalue weighted by Crippen LogP contribution is 2.67. The molecule has 164 valence electrons. The van der Waals surface area contributed by atoms with Crippen LogP contribution in [0.15, 0.2) is 30.6 Å². The first kappa shape index (κ1) is 20.7. The Bertz CT molecular complexity index is 1300. The van der Waals surface area contributed by atoms with Crippen LogP contribution in [-0.4, -0.2) is 61.9 Å². The zero-order chi connectivity index (χ0) is 22.6. The van der Waals surface area contributed by atoms with Crippen molar-refractivity contribution in [2.24, 2.45) is 11.3 Å². The van der Waals surface area contributed by atoms with E-state index in [0.29, 0.717) is 28.4 Å². The normalized spacial score (nSPS) is 28.0. The SMILES string of the molecule is CNC(=O)[C@@]12C[C@@H]1[C@@H](n1cnc3c(NC)nc(C#Cc4cccc(Cl)c4)nc31)[C@H](O)[C@@H]2O. The Labute approximate surface area is 188 Å². The molecule has 5 rings (SSSR count). The molecule has 5 atom stereocenters. The average molecular weight is 453 g/mol. The summed E-state index contributed by atoms with van der Waals surface area (Å²) in [4.78, 5) is 25.9. The Morgan fingerprint density at radius 2 is 2.09 bits per heavy atom. The van der Waals surface area contributed by atoms with Crippen LogP contribution >= 0.6 is 11.6 Å². The molecule has 2 aliphatic rings. The average Bonchev–Trinajstić information content (AvgIpc) is 3.33. The minimum atomic E-state index is -1.16. The lowest BCUT2D eigenvalue weighted by molar-refractivity contribution is -0.132. The number of rotatable bonds is 3. The molecule has 2 aliphatic carbocycles. The van der Waals surface area contributed by atoms with Crippen molar-refractivity contribution < 1.29 is 15.0 Å². The van der Waals surface area contributed by atoms with Gasteiger partial charge >= 0.3 is 0 Å². The van der Waals surface area contributed by atoms with E-state index < -0.39 is 23.7 Å². The number of aliphatic hydroxyl groups is 2. The predicted molar refractivity (Wildman–Crippen MR) is 118 cm³/mol. The van der Waals surface area contributed by atoms with Gasteiger partial charge in [-0.1, -0.05) is 23.6 Å². The van der Waals surface area contributed by atoms with E-state index in [1.165, 1.54) is 7.05 Å². The molecule has 2 fully saturated rings. The molecule has 0 aliphatic heterocycles. The molecule has 32 heavy (non-hydrogen) atoms. The van der Waals surface area contributed by atoms with Crippen molar-refractivity contribution in [1.29, 1.82) is 0 Å². The molecule has 0 radical (unpaired) electrons. The number of carbonyl (C=O) groups excluding carboxylic acids is 1. The maximum Gasteiger partial charge on any atom is 0.229 e. The van der Waals surface area contributed by atoms with Gasteiger partial charge in [0.25, 0.3) is 0 Å². The third-order valence-corrected chi connectivity index (χ3v) is 6.68. The van der Waals surface area contributed by atoms with Gasteiger partial charge in [0.15, 0.2) is 17.0 Å². The summed E-state index contributed by atoms with van der Waals surface area (Å²) in [7, 11) is 3.25. The van der Waals surface area contributed by atoms with Crippen molar-refractivity contribution in [3.8, 4) is 11.8 Å². The minimum Gasteiger partial charge on any atom is -0.389 e. The molecule has 1 aromatic carbocycles. The third kappa shape index (κ3) is 2.95. The Balaban J connectivity index is 1.58. The summed E-state index contributed by atoms with van der Waals surface area (Å²) >= 11 is 6.03. The number of aromatic nitrogens is 4. The number of halogens is 1. The monoisotopic (exact) mass is 452 g/mol. The zero-order valence-electron chi connectivity index (χ0n) is 17.4. The Hall–Kier alpha value is -3.19. The molecule has 3 aromatic rings. The number of nitrogens with zero attached hydrogens (tertiary/aromatic N) is 4. The zero-order valence-corrected chi connectivity index (χ0v) is 18.1. The van der Waals surface area contributed by atoms with Crippen LogP contribution in [0, 0.1) is 23.2 Å². The second kappa shape index (κ2) is 7.45. The lowest BCUT2D eigenvalue weighted by Gasteiger charge is -2.23. The van der Waals surface area contributed by atoms with Gasteiger partial charge in [-0.05, 0) is 30.5 Å². The highest BCUT2D eigenvalue weighted by Gasteiger charge is 2.75. The fourth-order valence-corrected chi connectivity index (χ4v) is 5.04. The van der Waals surface area contributed by atoms with Crippen LogP contribution in [0.4, 0.5) is 5.82 Å². The molecule has 0 saturated heterocycles. The van der Waals surface area contributed by atoms with Gasteiger partial charge in [-0.15, -0.1) is 0 Å². The Morgan fingerprint density at radius 1 is 1.28 bits per heavy atom. The Morgan fingerprint density at radius 3 is 2.81 bits per heavy atom. The molecule has 2 saturated carbocycles. The van der Waals surface area contributed by atoms with Crippen LogP contribution in [-0.2, 0) is 4.79 Å². The van der Waals surface area contributed by atoms with E-state index in [1.807, 2.05) is 12.1 Å². The van der Waals surface area contributed by atoms with E-state index in [2.05, 4.69) is 37.4 Å². The van der Waals surface area contributed by atoms with E-state index in [-0.39, 0.29) is 17.6 Å². The molecule has 2 aromatic heterocycles. The standard InChI is InChI=1S/C22H21ClN6O3/c1-24-19-15-20(28-14(27-19)7-6-11-4-3-5-12(23)8-11)29(10-26-15)16-13-9-22(13,21(32)25-2)18(31)17(16)30/h3-5,8,10,13,16-18,30-31H,9H2,1-2H3,(H,25,32)(H,24,27,28)/t13-,16-,17+,18+,22+/m1/s1. The second-order valence-corrected chi connectivity index (χ2v) is 8.52. The smallest absolute Gasteiger partial charge is 0.229 e. The number of benzene rings is 1. The molecule has 2 heterocycles. The highest BCUT2D eigenvalue weighted by molar-refractivity contribution is 6.30. The van der Waals surface area contributed by atoms with Crippen molar-refractivity contribution >= 4 is 34.5 Å². The first-order valence-electron chi connectivity index (χ1n) is 10.2. The van der Waals surface area contributed by atoms with Gasteiger partial charge in [-0.2, -0.15) is 0 Å². The summed E-state index contributed by atoms with van der Waals surface area (Å²) in [6, 6.07) is 6.62. The van der Waals surface area contributed by atoms with Gasteiger partial charge in [0.2, 0.25) is 11.7 Å². The first-order chi connectivity index (χ1) is 15.4. The van der Waals surface area contributed by atoms with Crippen LogP contribution in [0.2, 0.25) is 5.02 Å². The maximum atomic E-state index is 12.4. The highest BCUT2D eigenvalue weighted by atomic mass is 35.5. The van der Waals surface area contributed by atoms with Gasteiger partial charge in [0, 0.05) is 30.6 Å². The largest absolute Gasteiger partial charge is 0.389 e. The van der Waals surface area contributed by atoms with Crippen molar-refractivity contribution in [1.82, 2.24) is 24.8 Å². The van der Waals surface area contributed by atoms with Crippen LogP contribution in [0.25, 0.3) is 11.2 Å². The predicted octanol–water partition coefficient (Wildman–Crippen LogP) is 0.950. The first-order valence-corrected chi connectivity index (χ1v) is 10.6. The fraction of sp³-hybridized carbons (Fsp3) is 0.364. The number of imidazole rings is 1. The Kier molecular flexibility index (Phi) is 4.82. The van der Waals surface area contributed by atoms with Crippen LogP contribution < -0.4 is 10.6 Å². The number of amides is 1. The van der Waals surface area contributed by atoms with E-state index in [9.17, 15) is 15.0 Å². The van der Waals surface area contributed by atoms with E-state index in [0.717, 1.165) is 5.56 Å². The minimum absolute atomic E-state index is 0.223. The lowest BCUT2D eigenvalue weighted by atomic mass is 9.98. The molecule has 10 heteroatoms. The molecule has 0 unspecified atom stereocenters. The van der Waals surface area contributed by atoms with Crippen molar-refractivity contribution in [2.75, 3.05) is 19.4 Å². The number of fused-ring (bicyclic) bond motifs is 2. The number of carbonyl (C=O) groups is 1. The summed E-state index contributed by atoms with van der Waals surface area (Å²) < 4.78 is 1.72. The number of hydrogen-bond acceptors (Lipinski definition) is 7. The molecule has 1 amide bonds. The maximum absolute atomic E-state index is 12.4. The van der Waals surface area contributed by atoms with E-state index in [4.69, 9.17) is 11.6 Å².